The summed E-state index contributed by atoms with van der Waals surface area (Å²) in [7, 11) is 1.80. The molecule has 0 spiro atoms. The minimum Gasteiger partial charge on any atom is -0.379 e. The Balaban J connectivity index is 1.65. The van der Waals surface area contributed by atoms with Crippen LogP contribution in [0, 0.1) is 0 Å². The van der Waals surface area contributed by atoms with Gasteiger partial charge in [-0.3, -0.25) is 9.69 Å². The lowest BCUT2D eigenvalue weighted by Gasteiger charge is -2.34. The maximum absolute atomic E-state index is 12.4. The van der Waals surface area contributed by atoms with E-state index < -0.39 is 0 Å². The number of carbonyl (C=O) groups is 1. The Hall–Kier alpha value is -1.96. The van der Waals surface area contributed by atoms with Gasteiger partial charge in [0.05, 0.1) is 24.8 Å². The van der Waals surface area contributed by atoms with E-state index >= 15 is 0 Å². The molecule has 1 aliphatic heterocycles. The van der Waals surface area contributed by atoms with E-state index in [1.54, 1.807) is 36.7 Å². The Kier molecular flexibility index (Phi) is 5.79. The van der Waals surface area contributed by atoms with Crippen LogP contribution in [-0.4, -0.2) is 55.7 Å². The average molecular weight is 346 g/mol. The van der Waals surface area contributed by atoms with Crippen molar-refractivity contribution >= 4 is 23.1 Å². The predicted octanol–water partition coefficient (Wildman–Crippen LogP) is 1.99. The van der Waals surface area contributed by atoms with Crippen LogP contribution in [0.1, 0.15) is 21.3 Å². The van der Waals surface area contributed by atoms with Gasteiger partial charge in [0, 0.05) is 37.8 Å². The number of anilines is 1. The lowest BCUT2D eigenvalue weighted by molar-refractivity contribution is 0.0169. The normalized spacial score (nSPS) is 16.5. The largest absolute Gasteiger partial charge is 0.379 e. The van der Waals surface area contributed by atoms with Gasteiger partial charge < -0.3 is 15.4 Å². The Bertz CT molecular complexity index is 639. The van der Waals surface area contributed by atoms with E-state index in [-0.39, 0.29) is 11.9 Å². The molecule has 128 valence electrons. The van der Waals surface area contributed by atoms with Gasteiger partial charge in [0.1, 0.15) is 5.82 Å². The third-order valence-corrected chi connectivity index (χ3v) is 5.07. The predicted molar refractivity (Wildman–Crippen MR) is 95.6 cm³/mol. The third-order valence-electron chi connectivity index (χ3n) is 4.10. The molecule has 0 unspecified atom stereocenters. The lowest BCUT2D eigenvalue weighted by atomic mass is 10.1. The van der Waals surface area contributed by atoms with Crippen molar-refractivity contribution in [3.63, 3.8) is 0 Å². The number of rotatable bonds is 6. The van der Waals surface area contributed by atoms with Crippen molar-refractivity contribution < 1.29 is 9.53 Å². The molecule has 6 nitrogen and oxygen atoms in total. The Morgan fingerprint density at radius 3 is 2.83 bits per heavy atom. The number of nitrogens with zero attached hydrogens (tertiary/aromatic N) is 2. The van der Waals surface area contributed by atoms with Crippen molar-refractivity contribution in [2.45, 2.75) is 6.04 Å². The van der Waals surface area contributed by atoms with Gasteiger partial charge in [0.25, 0.3) is 5.91 Å². The summed E-state index contributed by atoms with van der Waals surface area (Å²) in [6.45, 7) is 3.83. The molecule has 1 amide bonds. The first kappa shape index (κ1) is 16.9. The van der Waals surface area contributed by atoms with Gasteiger partial charge in [-0.1, -0.05) is 6.07 Å². The minimum atomic E-state index is -0.0973. The molecule has 3 rings (SSSR count). The van der Waals surface area contributed by atoms with Crippen LogP contribution < -0.4 is 10.6 Å². The first-order valence-corrected chi connectivity index (χ1v) is 8.93. The van der Waals surface area contributed by atoms with E-state index in [9.17, 15) is 4.79 Å². The number of hydrogen-bond donors (Lipinski definition) is 2. The van der Waals surface area contributed by atoms with E-state index in [2.05, 4.69) is 38.0 Å². The van der Waals surface area contributed by atoms with Gasteiger partial charge in [0.2, 0.25) is 0 Å². The fourth-order valence-electron chi connectivity index (χ4n) is 2.75. The van der Waals surface area contributed by atoms with Gasteiger partial charge in [0.15, 0.2) is 0 Å². The zero-order valence-corrected chi connectivity index (χ0v) is 14.5. The fourth-order valence-corrected chi connectivity index (χ4v) is 3.61. The summed E-state index contributed by atoms with van der Waals surface area (Å²) in [6, 6.07) is 7.94. The van der Waals surface area contributed by atoms with Gasteiger partial charge in [-0.15, -0.1) is 11.3 Å². The van der Waals surface area contributed by atoms with Crippen molar-refractivity contribution in [3.8, 4) is 0 Å². The summed E-state index contributed by atoms with van der Waals surface area (Å²) in [5.74, 6) is 0.649. The molecule has 2 aromatic rings. The molecule has 2 N–H and O–H groups in total. The van der Waals surface area contributed by atoms with Crippen LogP contribution in [0.5, 0.6) is 0 Å². The lowest BCUT2D eigenvalue weighted by Crippen LogP contribution is -2.43. The number of thiophene rings is 1. The van der Waals surface area contributed by atoms with Crippen molar-refractivity contribution in [2.24, 2.45) is 0 Å². The van der Waals surface area contributed by atoms with Crippen molar-refractivity contribution in [2.75, 3.05) is 45.2 Å². The number of ether oxygens (including phenoxy) is 1. The van der Waals surface area contributed by atoms with Gasteiger partial charge in [-0.05, 0) is 23.6 Å². The summed E-state index contributed by atoms with van der Waals surface area (Å²) in [4.78, 5) is 20.2. The van der Waals surface area contributed by atoms with E-state index in [1.165, 1.54) is 4.88 Å². The topological polar surface area (TPSA) is 66.5 Å². The van der Waals surface area contributed by atoms with Crippen molar-refractivity contribution in [1.82, 2.24) is 15.2 Å². The SMILES string of the molecule is CNc1ccc(C(=O)NC[C@H](c2cccs2)N2CCOCC2)cn1. The number of nitrogens with one attached hydrogen (secondary N) is 2. The first-order chi connectivity index (χ1) is 11.8. The quantitative estimate of drug-likeness (QED) is 0.837. The molecular weight excluding hydrogens is 324 g/mol. The van der Waals surface area contributed by atoms with E-state index in [0.29, 0.717) is 12.1 Å². The second kappa shape index (κ2) is 8.23. The molecule has 7 heteroatoms. The molecule has 1 aliphatic rings. The van der Waals surface area contributed by atoms with Crippen LogP contribution in [-0.2, 0) is 4.74 Å². The van der Waals surface area contributed by atoms with Crippen LogP contribution in [0.4, 0.5) is 5.82 Å². The molecule has 0 aromatic carbocycles. The fraction of sp³-hybridized carbons (Fsp3) is 0.412. The number of aromatic nitrogens is 1. The monoisotopic (exact) mass is 346 g/mol. The van der Waals surface area contributed by atoms with Gasteiger partial charge >= 0.3 is 0 Å². The maximum Gasteiger partial charge on any atom is 0.252 e. The van der Waals surface area contributed by atoms with Crippen molar-refractivity contribution in [1.29, 1.82) is 0 Å². The van der Waals surface area contributed by atoms with E-state index in [4.69, 9.17) is 4.74 Å². The number of hydrogen-bond acceptors (Lipinski definition) is 6. The minimum absolute atomic E-state index is 0.0973. The number of pyridine rings is 1. The molecule has 24 heavy (non-hydrogen) atoms. The number of morpholine rings is 1. The maximum atomic E-state index is 12.4. The Labute approximate surface area is 145 Å². The highest BCUT2D eigenvalue weighted by Crippen LogP contribution is 2.25. The molecular formula is C17H22N4O2S. The Morgan fingerprint density at radius 1 is 1.38 bits per heavy atom. The van der Waals surface area contributed by atoms with Gasteiger partial charge in [-0.2, -0.15) is 0 Å². The summed E-state index contributed by atoms with van der Waals surface area (Å²) >= 11 is 1.72. The van der Waals surface area contributed by atoms with Crippen LogP contribution in [0.25, 0.3) is 0 Å². The highest BCUT2D eigenvalue weighted by Gasteiger charge is 2.24. The van der Waals surface area contributed by atoms with Crippen LogP contribution in [0.3, 0.4) is 0 Å². The molecule has 2 aromatic heterocycles. The zero-order valence-electron chi connectivity index (χ0n) is 13.7. The Morgan fingerprint density at radius 2 is 2.21 bits per heavy atom. The van der Waals surface area contributed by atoms with Crippen molar-refractivity contribution in [3.05, 3.63) is 46.3 Å². The highest BCUT2D eigenvalue weighted by molar-refractivity contribution is 7.10. The molecule has 1 fully saturated rings. The second-order valence-electron chi connectivity index (χ2n) is 5.57. The number of amides is 1. The molecule has 3 heterocycles. The van der Waals surface area contributed by atoms with E-state index in [0.717, 1.165) is 32.1 Å². The number of carbonyl (C=O) groups excluding carboxylic acids is 1. The summed E-state index contributed by atoms with van der Waals surface area (Å²) < 4.78 is 5.44. The van der Waals surface area contributed by atoms with Crippen LogP contribution in [0.15, 0.2) is 35.8 Å². The molecule has 1 saturated heterocycles. The molecule has 0 radical (unpaired) electrons. The van der Waals surface area contributed by atoms with Crippen LogP contribution in [0.2, 0.25) is 0 Å². The first-order valence-electron chi connectivity index (χ1n) is 8.05. The smallest absolute Gasteiger partial charge is 0.252 e. The molecule has 0 saturated carbocycles. The third kappa shape index (κ3) is 4.11. The average Bonchev–Trinajstić information content (AvgIpc) is 3.17. The molecule has 1 atom stereocenters. The summed E-state index contributed by atoms with van der Waals surface area (Å²) in [6.07, 6.45) is 1.59. The highest BCUT2D eigenvalue weighted by atomic mass is 32.1. The van der Waals surface area contributed by atoms with Gasteiger partial charge in [-0.25, -0.2) is 4.98 Å². The standard InChI is InChI=1S/C17H22N4O2S/c1-18-16-5-4-13(11-19-16)17(22)20-12-14(15-3-2-10-24-15)21-6-8-23-9-7-21/h2-5,10-11,14H,6-9,12H2,1H3,(H,18,19)(H,20,22)/t14-/m1/s1. The molecule has 0 bridgehead atoms. The van der Waals surface area contributed by atoms with E-state index in [1.807, 2.05) is 0 Å². The summed E-state index contributed by atoms with van der Waals surface area (Å²) in [5.41, 5.74) is 0.570. The zero-order chi connectivity index (χ0) is 16.8. The second-order valence-corrected chi connectivity index (χ2v) is 6.55. The van der Waals surface area contributed by atoms with Crippen LogP contribution >= 0.6 is 11.3 Å². The summed E-state index contributed by atoms with van der Waals surface area (Å²) in [5, 5.41) is 8.07. The molecule has 0 aliphatic carbocycles.